The van der Waals surface area contributed by atoms with Gasteiger partial charge in [-0.2, -0.15) is 0 Å². The maximum atomic E-state index is 8.64. The number of nitrogens with zero attached hydrogens (tertiary/aromatic N) is 2. The summed E-state index contributed by atoms with van der Waals surface area (Å²) >= 11 is 5.60. The maximum Gasteiger partial charge on any atom is 0.151 e. The molecule has 0 fully saturated rings. The highest BCUT2D eigenvalue weighted by molar-refractivity contribution is 6.29. The van der Waals surface area contributed by atoms with Gasteiger partial charge < -0.3 is 10.4 Å². The Labute approximate surface area is 88.3 Å². The van der Waals surface area contributed by atoms with Crippen molar-refractivity contribution in [2.45, 2.75) is 25.8 Å². The van der Waals surface area contributed by atoms with Gasteiger partial charge in [-0.3, -0.25) is 0 Å². The molecule has 0 amide bonds. The molecule has 78 valence electrons. The molecule has 1 aromatic heterocycles. The van der Waals surface area contributed by atoms with E-state index in [1.165, 1.54) is 0 Å². The number of halogens is 1. The van der Waals surface area contributed by atoms with Crippen molar-refractivity contribution in [3.63, 3.8) is 0 Å². The molecular weight excluding hydrogens is 202 g/mol. The Hall–Kier alpha value is -0.870. The van der Waals surface area contributed by atoms with E-state index in [2.05, 4.69) is 15.5 Å². The third kappa shape index (κ3) is 3.89. The molecule has 14 heavy (non-hydrogen) atoms. The minimum atomic E-state index is 0.221. The second kappa shape index (κ2) is 5.78. The van der Waals surface area contributed by atoms with Gasteiger partial charge in [-0.1, -0.05) is 11.6 Å². The van der Waals surface area contributed by atoms with Gasteiger partial charge in [-0.15, -0.1) is 10.2 Å². The van der Waals surface area contributed by atoms with Gasteiger partial charge in [0.15, 0.2) is 5.15 Å². The smallest absolute Gasteiger partial charge is 0.151 e. The van der Waals surface area contributed by atoms with E-state index in [0.717, 1.165) is 12.8 Å². The monoisotopic (exact) mass is 215 g/mol. The van der Waals surface area contributed by atoms with Crippen LogP contribution in [0.5, 0.6) is 0 Å². The van der Waals surface area contributed by atoms with Crippen LogP contribution in [0.25, 0.3) is 0 Å². The summed E-state index contributed by atoms with van der Waals surface area (Å²) in [7, 11) is 0. The van der Waals surface area contributed by atoms with Gasteiger partial charge in [-0.05, 0) is 31.9 Å². The average molecular weight is 216 g/mol. The fourth-order valence-corrected chi connectivity index (χ4v) is 1.22. The second-order valence-corrected chi connectivity index (χ2v) is 3.54. The molecule has 1 rings (SSSR count). The van der Waals surface area contributed by atoms with Crippen LogP contribution in [0.2, 0.25) is 5.15 Å². The fourth-order valence-electron chi connectivity index (χ4n) is 1.12. The lowest BCUT2D eigenvalue weighted by Gasteiger charge is -2.12. The molecule has 0 aliphatic heterocycles. The molecule has 0 radical (unpaired) electrons. The quantitative estimate of drug-likeness (QED) is 0.785. The molecule has 1 atom stereocenters. The van der Waals surface area contributed by atoms with E-state index in [4.69, 9.17) is 16.7 Å². The van der Waals surface area contributed by atoms with Gasteiger partial charge in [0, 0.05) is 12.6 Å². The normalized spacial score (nSPS) is 12.5. The second-order valence-electron chi connectivity index (χ2n) is 3.15. The van der Waals surface area contributed by atoms with E-state index in [1.807, 2.05) is 6.92 Å². The Balaban J connectivity index is 2.39. The van der Waals surface area contributed by atoms with Gasteiger partial charge in [0.1, 0.15) is 5.82 Å². The molecule has 0 aromatic carbocycles. The average Bonchev–Trinajstić information content (AvgIpc) is 2.18. The summed E-state index contributed by atoms with van der Waals surface area (Å²) < 4.78 is 0. The Morgan fingerprint density at radius 1 is 1.50 bits per heavy atom. The first-order chi connectivity index (χ1) is 6.72. The van der Waals surface area contributed by atoms with Crippen LogP contribution < -0.4 is 5.32 Å². The lowest BCUT2D eigenvalue weighted by Crippen LogP contribution is -2.16. The van der Waals surface area contributed by atoms with Gasteiger partial charge >= 0.3 is 0 Å². The van der Waals surface area contributed by atoms with E-state index in [1.54, 1.807) is 12.1 Å². The Kier molecular flexibility index (Phi) is 4.62. The summed E-state index contributed by atoms with van der Waals surface area (Å²) in [5, 5.41) is 19.8. The van der Waals surface area contributed by atoms with Gasteiger partial charge in [0.05, 0.1) is 0 Å². The highest BCUT2D eigenvalue weighted by Crippen LogP contribution is 2.08. The number of aromatic nitrogens is 2. The Morgan fingerprint density at radius 3 is 2.86 bits per heavy atom. The van der Waals surface area contributed by atoms with Crippen molar-refractivity contribution in [3.8, 4) is 0 Å². The van der Waals surface area contributed by atoms with Crippen LogP contribution in [-0.2, 0) is 0 Å². The number of aliphatic hydroxyl groups is 1. The standard InChI is InChI=1S/C9H14ClN3O/c1-7(3-2-6-14)11-9-5-4-8(10)12-13-9/h4-5,7,14H,2-3,6H2,1H3,(H,11,13). The molecule has 5 heteroatoms. The largest absolute Gasteiger partial charge is 0.396 e. The number of rotatable bonds is 5. The van der Waals surface area contributed by atoms with Crippen molar-refractivity contribution < 1.29 is 5.11 Å². The van der Waals surface area contributed by atoms with E-state index in [9.17, 15) is 0 Å². The predicted molar refractivity (Wildman–Crippen MR) is 56.4 cm³/mol. The van der Waals surface area contributed by atoms with Crippen molar-refractivity contribution in [1.82, 2.24) is 10.2 Å². The van der Waals surface area contributed by atoms with Crippen LogP contribution >= 0.6 is 11.6 Å². The lowest BCUT2D eigenvalue weighted by molar-refractivity contribution is 0.282. The zero-order valence-corrected chi connectivity index (χ0v) is 8.83. The number of hydrogen-bond donors (Lipinski definition) is 2. The number of aliphatic hydroxyl groups excluding tert-OH is 1. The molecule has 0 saturated carbocycles. The molecule has 0 spiro atoms. The molecule has 4 nitrogen and oxygen atoms in total. The van der Waals surface area contributed by atoms with Crippen LogP contribution in [-0.4, -0.2) is 28.0 Å². The third-order valence-corrected chi connectivity index (χ3v) is 2.02. The molecular formula is C9H14ClN3O. The molecule has 2 N–H and O–H groups in total. The van der Waals surface area contributed by atoms with Crippen molar-refractivity contribution >= 4 is 17.4 Å². The Morgan fingerprint density at radius 2 is 2.29 bits per heavy atom. The highest BCUT2D eigenvalue weighted by atomic mass is 35.5. The number of nitrogens with one attached hydrogen (secondary N) is 1. The fraction of sp³-hybridized carbons (Fsp3) is 0.556. The van der Waals surface area contributed by atoms with Gasteiger partial charge in [0.25, 0.3) is 0 Å². The molecule has 1 unspecified atom stereocenters. The minimum absolute atomic E-state index is 0.221. The topological polar surface area (TPSA) is 58.0 Å². The molecule has 0 saturated heterocycles. The first-order valence-corrected chi connectivity index (χ1v) is 4.97. The summed E-state index contributed by atoms with van der Waals surface area (Å²) in [5.41, 5.74) is 0. The van der Waals surface area contributed by atoms with Crippen LogP contribution in [0.15, 0.2) is 12.1 Å². The predicted octanol–water partition coefficient (Wildman–Crippen LogP) is 1.70. The number of anilines is 1. The summed E-state index contributed by atoms with van der Waals surface area (Å²) in [4.78, 5) is 0. The SMILES string of the molecule is CC(CCCO)Nc1ccc(Cl)nn1. The van der Waals surface area contributed by atoms with Crippen molar-refractivity contribution in [2.24, 2.45) is 0 Å². The molecule has 1 heterocycles. The maximum absolute atomic E-state index is 8.64. The molecule has 0 aliphatic rings. The van der Waals surface area contributed by atoms with Crippen molar-refractivity contribution in [3.05, 3.63) is 17.3 Å². The van der Waals surface area contributed by atoms with E-state index < -0.39 is 0 Å². The van der Waals surface area contributed by atoms with E-state index in [0.29, 0.717) is 11.0 Å². The van der Waals surface area contributed by atoms with Gasteiger partial charge in [0.2, 0.25) is 0 Å². The summed E-state index contributed by atoms with van der Waals surface area (Å²) in [5.74, 6) is 0.708. The first-order valence-electron chi connectivity index (χ1n) is 4.59. The Bertz CT molecular complexity index is 265. The van der Waals surface area contributed by atoms with Gasteiger partial charge in [-0.25, -0.2) is 0 Å². The zero-order chi connectivity index (χ0) is 10.4. The molecule has 0 aliphatic carbocycles. The van der Waals surface area contributed by atoms with Crippen LogP contribution in [0.4, 0.5) is 5.82 Å². The van der Waals surface area contributed by atoms with Crippen LogP contribution in [0.1, 0.15) is 19.8 Å². The number of hydrogen-bond acceptors (Lipinski definition) is 4. The molecule has 0 bridgehead atoms. The van der Waals surface area contributed by atoms with Crippen LogP contribution in [0, 0.1) is 0 Å². The lowest BCUT2D eigenvalue weighted by atomic mass is 10.2. The zero-order valence-electron chi connectivity index (χ0n) is 8.07. The van der Waals surface area contributed by atoms with E-state index in [-0.39, 0.29) is 12.6 Å². The highest BCUT2D eigenvalue weighted by Gasteiger charge is 2.02. The van der Waals surface area contributed by atoms with Crippen molar-refractivity contribution in [2.75, 3.05) is 11.9 Å². The first kappa shape index (κ1) is 11.2. The van der Waals surface area contributed by atoms with E-state index >= 15 is 0 Å². The summed E-state index contributed by atoms with van der Waals surface area (Å²) in [6, 6.07) is 3.75. The summed E-state index contributed by atoms with van der Waals surface area (Å²) in [6.07, 6.45) is 1.69. The minimum Gasteiger partial charge on any atom is -0.396 e. The third-order valence-electron chi connectivity index (χ3n) is 1.82. The van der Waals surface area contributed by atoms with Crippen molar-refractivity contribution in [1.29, 1.82) is 0 Å². The van der Waals surface area contributed by atoms with Crippen LogP contribution in [0.3, 0.4) is 0 Å². The molecule has 1 aromatic rings. The summed E-state index contributed by atoms with van der Waals surface area (Å²) in [6.45, 7) is 2.25.